The maximum absolute atomic E-state index is 13.1. The van der Waals surface area contributed by atoms with Crippen LogP contribution in [0.4, 0.5) is 5.13 Å². The van der Waals surface area contributed by atoms with Crippen LogP contribution < -0.4 is 9.64 Å². The van der Waals surface area contributed by atoms with Crippen molar-refractivity contribution in [3.63, 3.8) is 0 Å². The number of thioether (sulfide) groups is 1. The summed E-state index contributed by atoms with van der Waals surface area (Å²) in [6.45, 7) is 3.47. The van der Waals surface area contributed by atoms with E-state index in [1.165, 1.54) is 21.8 Å². The number of amides is 1. The van der Waals surface area contributed by atoms with Crippen molar-refractivity contribution in [1.29, 1.82) is 0 Å². The van der Waals surface area contributed by atoms with Gasteiger partial charge in [-0.3, -0.25) is 9.69 Å². The molecule has 8 heteroatoms. The Hall–Kier alpha value is -1.80. The second-order valence-electron chi connectivity index (χ2n) is 7.06. The zero-order chi connectivity index (χ0) is 20.8. The van der Waals surface area contributed by atoms with Gasteiger partial charge in [0, 0.05) is 30.2 Å². The molecule has 0 N–H and O–H groups in total. The van der Waals surface area contributed by atoms with Crippen molar-refractivity contribution < 1.29 is 9.53 Å². The van der Waals surface area contributed by atoms with E-state index < -0.39 is 0 Å². The lowest BCUT2D eigenvalue weighted by Crippen LogP contribution is -2.36. The van der Waals surface area contributed by atoms with Gasteiger partial charge in [0.1, 0.15) is 11.3 Å². The normalized spacial score (nSPS) is 10.8. The van der Waals surface area contributed by atoms with Crippen molar-refractivity contribution >= 4 is 56.8 Å². The molecule has 3 aromatic rings. The summed E-state index contributed by atoms with van der Waals surface area (Å²) in [5, 5.41) is 0.733. The Morgan fingerprint density at radius 2 is 1.87 bits per heavy atom. The first-order valence-electron chi connectivity index (χ1n) is 9.56. The number of nitrogens with zero attached hydrogens (tertiary/aromatic N) is 3. The number of fused-ring (bicyclic) bond motifs is 1. The highest BCUT2D eigenvalue weighted by atomic mass is 35.5. The third-order valence-corrected chi connectivity index (χ3v) is 6.56. The highest BCUT2D eigenvalue weighted by molar-refractivity contribution is 7.99. The molecule has 0 radical (unpaired) electrons. The van der Waals surface area contributed by atoms with Crippen molar-refractivity contribution in [3.05, 3.63) is 48.0 Å². The van der Waals surface area contributed by atoms with Gasteiger partial charge in [-0.1, -0.05) is 35.1 Å². The van der Waals surface area contributed by atoms with Crippen LogP contribution in [0.5, 0.6) is 5.75 Å². The van der Waals surface area contributed by atoms with Gasteiger partial charge in [0.15, 0.2) is 5.13 Å². The minimum Gasteiger partial charge on any atom is -0.494 e. The SMILES string of the molecule is COc1cccc2sc(N(CCN(C)C)C(=O)CCSc3ccc(C)cc3)nc12.Cl. The molecule has 0 saturated heterocycles. The molecule has 0 fully saturated rings. The first kappa shape index (κ1) is 24.5. The standard InChI is InChI=1S/C22H27N3O2S2.ClH/c1-16-8-10-17(11-9-16)28-15-12-20(26)25(14-13-24(2)3)22-23-21-18(27-4)6-5-7-19(21)29-22;/h5-11H,12-15H2,1-4H3;1H. The third kappa shape index (κ3) is 6.35. The Bertz CT molecular complexity index is 961. The van der Waals surface area contributed by atoms with E-state index in [-0.39, 0.29) is 18.3 Å². The lowest BCUT2D eigenvalue weighted by atomic mass is 10.2. The minimum atomic E-state index is 0. The zero-order valence-electron chi connectivity index (χ0n) is 17.8. The summed E-state index contributed by atoms with van der Waals surface area (Å²) < 4.78 is 6.45. The van der Waals surface area contributed by atoms with Gasteiger partial charge in [0.25, 0.3) is 0 Å². The monoisotopic (exact) mass is 465 g/mol. The summed E-state index contributed by atoms with van der Waals surface area (Å²) in [5.74, 6) is 1.58. The first-order valence-corrected chi connectivity index (χ1v) is 11.4. The van der Waals surface area contributed by atoms with Gasteiger partial charge in [-0.25, -0.2) is 4.98 Å². The summed E-state index contributed by atoms with van der Waals surface area (Å²) in [4.78, 5) is 22.9. The molecule has 0 unspecified atom stereocenters. The quantitative estimate of drug-likeness (QED) is 0.411. The molecule has 5 nitrogen and oxygen atoms in total. The molecule has 0 bridgehead atoms. The van der Waals surface area contributed by atoms with Crippen LogP contribution >= 0.6 is 35.5 Å². The van der Waals surface area contributed by atoms with Crippen molar-refractivity contribution in [2.24, 2.45) is 0 Å². The summed E-state index contributed by atoms with van der Waals surface area (Å²) >= 11 is 3.25. The first-order chi connectivity index (χ1) is 14.0. The van der Waals surface area contributed by atoms with Crippen LogP contribution in [-0.4, -0.2) is 55.8 Å². The van der Waals surface area contributed by atoms with E-state index in [2.05, 4.69) is 36.1 Å². The van der Waals surface area contributed by atoms with E-state index in [0.717, 1.165) is 33.4 Å². The van der Waals surface area contributed by atoms with Gasteiger partial charge in [0.05, 0.1) is 11.8 Å². The molecule has 0 aliphatic heterocycles. The van der Waals surface area contributed by atoms with Gasteiger partial charge in [-0.15, -0.1) is 24.2 Å². The average molecular weight is 466 g/mol. The number of aromatic nitrogens is 1. The van der Waals surface area contributed by atoms with Crippen LogP contribution in [0.25, 0.3) is 10.2 Å². The Morgan fingerprint density at radius 1 is 1.13 bits per heavy atom. The van der Waals surface area contributed by atoms with Crippen LogP contribution in [0.3, 0.4) is 0 Å². The fraction of sp³-hybridized carbons (Fsp3) is 0.364. The number of thiazole rings is 1. The average Bonchev–Trinajstić information content (AvgIpc) is 3.13. The van der Waals surface area contributed by atoms with E-state index in [1.54, 1.807) is 18.9 Å². The Balaban J connectivity index is 0.00000320. The van der Waals surface area contributed by atoms with Crippen molar-refractivity contribution in [1.82, 2.24) is 9.88 Å². The molecule has 1 aromatic heterocycles. The number of rotatable bonds is 9. The van der Waals surface area contributed by atoms with Crippen molar-refractivity contribution in [2.75, 3.05) is 44.9 Å². The predicted molar refractivity (Wildman–Crippen MR) is 131 cm³/mol. The number of likely N-dealkylation sites (N-methyl/N-ethyl adjacent to an activating group) is 1. The van der Waals surface area contributed by atoms with E-state index in [4.69, 9.17) is 9.72 Å². The smallest absolute Gasteiger partial charge is 0.229 e. The molecule has 0 spiro atoms. The molecule has 30 heavy (non-hydrogen) atoms. The number of anilines is 1. The number of hydrogen-bond donors (Lipinski definition) is 0. The summed E-state index contributed by atoms with van der Waals surface area (Å²) in [6, 6.07) is 14.3. The van der Waals surface area contributed by atoms with Crippen LogP contribution in [0.1, 0.15) is 12.0 Å². The Morgan fingerprint density at radius 3 is 2.53 bits per heavy atom. The van der Waals surface area contributed by atoms with E-state index in [9.17, 15) is 4.79 Å². The van der Waals surface area contributed by atoms with Gasteiger partial charge >= 0.3 is 0 Å². The number of carbonyl (C=O) groups excluding carboxylic acids is 1. The number of aryl methyl sites for hydroxylation is 1. The Labute approximate surface area is 192 Å². The minimum absolute atomic E-state index is 0. The number of carbonyl (C=O) groups is 1. The lowest BCUT2D eigenvalue weighted by molar-refractivity contribution is -0.118. The number of ether oxygens (including phenoxy) is 1. The molecule has 0 atom stereocenters. The summed E-state index contributed by atoms with van der Waals surface area (Å²) in [5.41, 5.74) is 2.05. The van der Waals surface area contributed by atoms with Crippen LogP contribution in [0.15, 0.2) is 47.4 Å². The molecular formula is C22H28ClN3O2S2. The van der Waals surface area contributed by atoms with Crippen molar-refractivity contribution in [3.8, 4) is 5.75 Å². The predicted octanol–water partition coefficient (Wildman–Crippen LogP) is 5.11. The van der Waals surface area contributed by atoms with Gasteiger partial charge in [0.2, 0.25) is 5.91 Å². The number of halogens is 1. The molecule has 3 rings (SSSR count). The summed E-state index contributed by atoms with van der Waals surface area (Å²) in [6.07, 6.45) is 0.471. The van der Waals surface area contributed by atoms with Gasteiger partial charge < -0.3 is 9.64 Å². The van der Waals surface area contributed by atoms with Crippen LogP contribution in [0.2, 0.25) is 0 Å². The highest BCUT2D eigenvalue weighted by Crippen LogP contribution is 2.34. The summed E-state index contributed by atoms with van der Waals surface area (Å²) in [7, 11) is 5.67. The maximum Gasteiger partial charge on any atom is 0.229 e. The maximum atomic E-state index is 13.1. The molecule has 0 aliphatic rings. The number of hydrogen-bond acceptors (Lipinski definition) is 6. The van der Waals surface area contributed by atoms with E-state index in [1.807, 2.05) is 37.2 Å². The molecular weight excluding hydrogens is 438 g/mol. The third-order valence-electron chi connectivity index (χ3n) is 4.50. The lowest BCUT2D eigenvalue weighted by Gasteiger charge is -2.22. The second kappa shape index (κ2) is 11.6. The van der Waals surface area contributed by atoms with Gasteiger partial charge in [-0.2, -0.15) is 0 Å². The van der Waals surface area contributed by atoms with Gasteiger partial charge in [-0.05, 0) is 45.3 Å². The van der Waals surface area contributed by atoms with Crippen molar-refractivity contribution in [2.45, 2.75) is 18.2 Å². The molecule has 1 amide bonds. The van der Waals surface area contributed by atoms with E-state index >= 15 is 0 Å². The molecule has 1 heterocycles. The highest BCUT2D eigenvalue weighted by Gasteiger charge is 2.20. The number of methoxy groups -OCH3 is 1. The molecule has 0 saturated carbocycles. The fourth-order valence-electron chi connectivity index (χ4n) is 2.84. The largest absolute Gasteiger partial charge is 0.494 e. The fourth-order valence-corrected chi connectivity index (χ4v) is 4.71. The van der Waals surface area contributed by atoms with Crippen LogP contribution in [-0.2, 0) is 4.79 Å². The number of benzene rings is 2. The van der Waals surface area contributed by atoms with E-state index in [0.29, 0.717) is 13.0 Å². The topological polar surface area (TPSA) is 45.7 Å². The molecule has 162 valence electrons. The second-order valence-corrected chi connectivity index (χ2v) is 9.24. The van der Waals surface area contributed by atoms with Crippen LogP contribution in [0, 0.1) is 6.92 Å². The Kier molecular flexibility index (Phi) is 9.42. The molecule has 0 aliphatic carbocycles. The number of para-hydroxylation sites is 1. The zero-order valence-corrected chi connectivity index (χ0v) is 20.2. The molecule has 2 aromatic carbocycles.